The second-order valence-corrected chi connectivity index (χ2v) is 7.47. The predicted molar refractivity (Wildman–Crippen MR) is 112 cm³/mol. The van der Waals surface area contributed by atoms with Crippen LogP contribution in [0.25, 0.3) is 22.2 Å². The van der Waals surface area contributed by atoms with Gasteiger partial charge >= 0.3 is 6.36 Å². The third-order valence-electron chi connectivity index (χ3n) is 5.43. The zero-order chi connectivity index (χ0) is 22.5. The Bertz CT molecular complexity index is 1330. The number of hydrogen-bond donors (Lipinski definition) is 0. The minimum absolute atomic E-state index is 0.138. The smallest absolute Gasteiger partial charge is 0.406 e. The number of nitrogens with zero attached hydrogens (tertiary/aromatic N) is 4. The molecule has 32 heavy (non-hydrogen) atoms. The maximum atomic E-state index is 13.1. The summed E-state index contributed by atoms with van der Waals surface area (Å²) in [6.07, 6.45) is -2.30. The standard InChI is InChI=1S/C23H17F3N4O2/c1-29-19-13-16(22(31)30-12-10-15-3-2-11-27-21(15)30)6-9-18(19)20(28-29)14-4-7-17(8-5-14)32-23(24,25)26/h2-9,11,13H,10,12H2,1H3. The fourth-order valence-electron chi connectivity index (χ4n) is 3.98. The van der Waals surface area contributed by atoms with Crippen molar-refractivity contribution in [2.24, 2.45) is 7.05 Å². The highest BCUT2D eigenvalue weighted by Gasteiger charge is 2.31. The highest BCUT2D eigenvalue weighted by molar-refractivity contribution is 6.09. The van der Waals surface area contributed by atoms with Crippen molar-refractivity contribution in [3.63, 3.8) is 0 Å². The number of aryl methyl sites for hydroxylation is 1. The predicted octanol–water partition coefficient (Wildman–Crippen LogP) is 4.74. The zero-order valence-electron chi connectivity index (χ0n) is 16.9. The first-order valence-corrected chi connectivity index (χ1v) is 9.89. The van der Waals surface area contributed by atoms with Crippen LogP contribution >= 0.6 is 0 Å². The summed E-state index contributed by atoms with van der Waals surface area (Å²) in [5, 5.41) is 5.30. The molecule has 1 aliphatic heterocycles. The van der Waals surface area contributed by atoms with Crippen LogP contribution in [0, 0.1) is 0 Å². The maximum Gasteiger partial charge on any atom is 0.573 e. The van der Waals surface area contributed by atoms with Crippen LogP contribution in [0.4, 0.5) is 19.0 Å². The summed E-state index contributed by atoms with van der Waals surface area (Å²) in [6, 6.07) is 14.7. The summed E-state index contributed by atoms with van der Waals surface area (Å²) in [4.78, 5) is 19.2. The van der Waals surface area contributed by atoms with Gasteiger partial charge in [-0.15, -0.1) is 13.2 Å². The van der Waals surface area contributed by atoms with Crippen molar-refractivity contribution in [2.45, 2.75) is 12.8 Å². The number of fused-ring (bicyclic) bond motifs is 2. The maximum absolute atomic E-state index is 13.1. The molecule has 2 aromatic carbocycles. The van der Waals surface area contributed by atoms with Gasteiger partial charge < -0.3 is 4.74 Å². The SMILES string of the molecule is Cn1nc(-c2ccc(OC(F)(F)F)cc2)c2ccc(C(=O)N3CCc4cccnc43)cc21. The van der Waals surface area contributed by atoms with Crippen molar-refractivity contribution in [3.8, 4) is 17.0 Å². The molecule has 0 aliphatic carbocycles. The van der Waals surface area contributed by atoms with Crippen molar-refractivity contribution in [1.82, 2.24) is 14.8 Å². The van der Waals surface area contributed by atoms with Gasteiger partial charge in [0.05, 0.1) is 5.52 Å². The van der Waals surface area contributed by atoms with E-state index in [0.717, 1.165) is 22.9 Å². The van der Waals surface area contributed by atoms with Crippen LogP contribution < -0.4 is 9.64 Å². The van der Waals surface area contributed by atoms with Crippen molar-refractivity contribution in [3.05, 3.63) is 71.9 Å². The van der Waals surface area contributed by atoms with E-state index < -0.39 is 6.36 Å². The third kappa shape index (κ3) is 3.55. The number of ether oxygens (including phenoxy) is 1. The Morgan fingerprint density at radius 3 is 2.62 bits per heavy atom. The first-order chi connectivity index (χ1) is 15.3. The molecule has 0 fully saturated rings. The van der Waals surface area contributed by atoms with Crippen LogP contribution in [-0.4, -0.2) is 33.6 Å². The lowest BCUT2D eigenvalue weighted by Crippen LogP contribution is -2.29. The summed E-state index contributed by atoms with van der Waals surface area (Å²) >= 11 is 0. The Balaban J connectivity index is 1.47. The molecule has 3 heterocycles. The fraction of sp³-hybridized carbons (Fsp3) is 0.174. The van der Waals surface area contributed by atoms with Crippen LogP contribution in [-0.2, 0) is 13.5 Å². The minimum atomic E-state index is -4.74. The van der Waals surface area contributed by atoms with Gasteiger partial charge in [-0.25, -0.2) is 4.98 Å². The average molecular weight is 438 g/mol. The Kier molecular flexibility index (Phi) is 4.61. The average Bonchev–Trinajstić information content (AvgIpc) is 3.34. The van der Waals surface area contributed by atoms with Gasteiger partial charge in [0.1, 0.15) is 17.3 Å². The molecule has 0 unspecified atom stereocenters. The van der Waals surface area contributed by atoms with Gasteiger partial charge in [-0.2, -0.15) is 5.10 Å². The number of benzene rings is 2. The van der Waals surface area contributed by atoms with E-state index >= 15 is 0 Å². The second kappa shape index (κ2) is 7.37. The van der Waals surface area contributed by atoms with E-state index in [-0.39, 0.29) is 11.7 Å². The van der Waals surface area contributed by atoms with Crippen LogP contribution in [0.2, 0.25) is 0 Å². The summed E-state index contributed by atoms with van der Waals surface area (Å²) < 4.78 is 42.8. The monoisotopic (exact) mass is 438 g/mol. The number of pyridine rings is 1. The molecule has 5 rings (SSSR count). The molecule has 2 aromatic heterocycles. The second-order valence-electron chi connectivity index (χ2n) is 7.47. The largest absolute Gasteiger partial charge is 0.573 e. The van der Waals surface area contributed by atoms with Gasteiger partial charge in [-0.3, -0.25) is 14.4 Å². The van der Waals surface area contributed by atoms with Crippen molar-refractivity contribution in [2.75, 3.05) is 11.4 Å². The molecule has 0 spiro atoms. The lowest BCUT2D eigenvalue weighted by molar-refractivity contribution is -0.274. The number of amides is 1. The zero-order valence-corrected chi connectivity index (χ0v) is 16.9. The molecule has 0 radical (unpaired) electrons. The number of carbonyl (C=O) groups excluding carboxylic acids is 1. The number of aromatic nitrogens is 3. The van der Waals surface area contributed by atoms with Crippen LogP contribution in [0.1, 0.15) is 15.9 Å². The molecular formula is C23H17F3N4O2. The molecule has 1 amide bonds. The van der Waals surface area contributed by atoms with Gasteiger partial charge in [0.25, 0.3) is 5.91 Å². The molecule has 9 heteroatoms. The van der Waals surface area contributed by atoms with E-state index in [0.29, 0.717) is 29.2 Å². The number of anilines is 1. The summed E-state index contributed by atoms with van der Waals surface area (Å²) in [5.41, 5.74) is 3.54. The van der Waals surface area contributed by atoms with E-state index in [1.54, 1.807) is 41.0 Å². The fourth-order valence-corrected chi connectivity index (χ4v) is 3.98. The summed E-state index contributed by atoms with van der Waals surface area (Å²) in [6.45, 7) is 0.576. The number of halogens is 3. The molecule has 1 aliphatic rings. The molecular weight excluding hydrogens is 421 g/mol. The van der Waals surface area contributed by atoms with Crippen molar-refractivity contribution in [1.29, 1.82) is 0 Å². The molecule has 0 bridgehead atoms. The van der Waals surface area contributed by atoms with Gasteiger partial charge in [-0.05, 0) is 60.5 Å². The van der Waals surface area contributed by atoms with Crippen molar-refractivity contribution >= 4 is 22.6 Å². The summed E-state index contributed by atoms with van der Waals surface area (Å²) in [5.74, 6) is 0.249. The first-order valence-electron chi connectivity index (χ1n) is 9.89. The van der Waals surface area contributed by atoms with E-state index in [4.69, 9.17) is 0 Å². The number of rotatable bonds is 3. The molecule has 4 aromatic rings. The van der Waals surface area contributed by atoms with E-state index in [2.05, 4.69) is 14.8 Å². The number of carbonyl (C=O) groups is 1. The molecule has 162 valence electrons. The molecule has 0 saturated heterocycles. The lowest BCUT2D eigenvalue weighted by atomic mass is 10.1. The third-order valence-corrected chi connectivity index (χ3v) is 5.43. The quantitative estimate of drug-likeness (QED) is 0.464. The highest BCUT2D eigenvalue weighted by atomic mass is 19.4. The Hall–Kier alpha value is -3.88. The topological polar surface area (TPSA) is 60.3 Å². The highest BCUT2D eigenvalue weighted by Crippen LogP contribution is 2.32. The lowest BCUT2D eigenvalue weighted by Gasteiger charge is -2.16. The minimum Gasteiger partial charge on any atom is -0.406 e. The Morgan fingerprint density at radius 2 is 1.88 bits per heavy atom. The van der Waals surface area contributed by atoms with Crippen LogP contribution in [0.3, 0.4) is 0 Å². The van der Waals surface area contributed by atoms with E-state index in [1.165, 1.54) is 24.3 Å². The van der Waals surface area contributed by atoms with Gasteiger partial charge in [-0.1, -0.05) is 6.07 Å². The molecule has 6 nitrogen and oxygen atoms in total. The van der Waals surface area contributed by atoms with Gasteiger partial charge in [0, 0.05) is 36.3 Å². The molecule has 0 saturated carbocycles. The summed E-state index contributed by atoms with van der Waals surface area (Å²) in [7, 11) is 1.76. The van der Waals surface area contributed by atoms with E-state index in [9.17, 15) is 18.0 Å². The molecule has 0 N–H and O–H groups in total. The number of alkyl halides is 3. The van der Waals surface area contributed by atoms with Gasteiger partial charge in [0.2, 0.25) is 0 Å². The Labute approximate surface area is 180 Å². The number of hydrogen-bond acceptors (Lipinski definition) is 4. The van der Waals surface area contributed by atoms with Crippen LogP contribution in [0.15, 0.2) is 60.8 Å². The molecule has 0 atom stereocenters. The van der Waals surface area contributed by atoms with Gasteiger partial charge in [0.15, 0.2) is 0 Å². The van der Waals surface area contributed by atoms with Crippen LogP contribution in [0.5, 0.6) is 5.75 Å². The van der Waals surface area contributed by atoms with Crippen molar-refractivity contribution < 1.29 is 22.7 Å². The first kappa shape index (κ1) is 20.0. The Morgan fingerprint density at radius 1 is 1.09 bits per heavy atom. The van der Waals surface area contributed by atoms with E-state index in [1.807, 2.05) is 12.1 Å². The normalized spacial score (nSPS) is 13.4.